The molecule has 0 bridgehead atoms. The van der Waals surface area contributed by atoms with Gasteiger partial charge in [-0.05, 0) is 54.3 Å². The van der Waals surface area contributed by atoms with Crippen molar-refractivity contribution < 1.29 is 9.53 Å². The molecule has 3 aromatic rings. The van der Waals surface area contributed by atoms with E-state index in [1.54, 1.807) is 11.3 Å². The van der Waals surface area contributed by atoms with E-state index < -0.39 is 0 Å². The Hall–Kier alpha value is -2.11. The van der Waals surface area contributed by atoms with E-state index in [0.717, 1.165) is 50.0 Å². The molecule has 1 saturated heterocycles. The van der Waals surface area contributed by atoms with Gasteiger partial charge in [-0.2, -0.15) is 0 Å². The van der Waals surface area contributed by atoms with Gasteiger partial charge in [-0.15, -0.1) is 11.3 Å². The molecule has 140 valence electrons. The Morgan fingerprint density at radius 3 is 2.93 bits per heavy atom. The van der Waals surface area contributed by atoms with Gasteiger partial charge in [-0.1, -0.05) is 24.3 Å². The second-order valence-corrected chi connectivity index (χ2v) is 8.45. The molecule has 4 nitrogen and oxygen atoms in total. The Morgan fingerprint density at radius 2 is 2.07 bits per heavy atom. The van der Waals surface area contributed by atoms with Crippen LogP contribution in [0.4, 0.5) is 0 Å². The summed E-state index contributed by atoms with van der Waals surface area (Å²) in [6, 6.07) is 12.6. The number of ether oxygens (including phenoxy) is 1. The first-order valence-corrected chi connectivity index (χ1v) is 10.7. The fourth-order valence-electron chi connectivity index (χ4n) is 4.32. The molecular formula is C22H24N2O2S. The third kappa shape index (κ3) is 3.19. The van der Waals surface area contributed by atoms with Crippen molar-refractivity contribution in [2.45, 2.75) is 44.9 Å². The van der Waals surface area contributed by atoms with Crippen molar-refractivity contribution in [3.8, 4) is 0 Å². The predicted molar refractivity (Wildman–Crippen MR) is 108 cm³/mol. The Bertz CT molecular complexity index is 968. The molecule has 1 amide bonds. The fraction of sp³-hybridized carbons (Fsp3) is 0.409. The van der Waals surface area contributed by atoms with Crippen LogP contribution in [0.25, 0.3) is 10.2 Å². The number of fused-ring (bicyclic) bond motifs is 2. The first-order chi connectivity index (χ1) is 13.3. The SMILES string of the molecule is O=C(c1cc2ccsc2n1CC1CCCCO1)N1CCc2ccccc2C1. The van der Waals surface area contributed by atoms with Gasteiger partial charge in [0.15, 0.2) is 0 Å². The van der Waals surface area contributed by atoms with E-state index >= 15 is 0 Å². The van der Waals surface area contributed by atoms with Gasteiger partial charge in [-0.3, -0.25) is 4.79 Å². The van der Waals surface area contributed by atoms with Crippen LogP contribution in [0, 0.1) is 0 Å². The molecule has 0 saturated carbocycles. The van der Waals surface area contributed by atoms with Crippen molar-refractivity contribution in [2.75, 3.05) is 13.2 Å². The summed E-state index contributed by atoms with van der Waals surface area (Å²) in [5.41, 5.74) is 3.45. The van der Waals surface area contributed by atoms with Crippen LogP contribution in [0.5, 0.6) is 0 Å². The van der Waals surface area contributed by atoms with Gasteiger partial charge >= 0.3 is 0 Å². The second-order valence-electron chi connectivity index (χ2n) is 7.56. The number of aromatic nitrogens is 1. The number of benzene rings is 1. The van der Waals surface area contributed by atoms with Gasteiger partial charge in [0.2, 0.25) is 0 Å². The number of carbonyl (C=O) groups is 1. The van der Waals surface area contributed by atoms with Gasteiger partial charge < -0.3 is 14.2 Å². The standard InChI is InChI=1S/C22H24N2O2S/c25-21(23-10-8-16-5-1-2-6-18(16)14-23)20-13-17-9-12-27-22(17)24(20)15-19-7-3-4-11-26-19/h1-2,5-6,9,12-13,19H,3-4,7-8,10-11,14-15H2. The molecule has 2 aliphatic heterocycles. The highest BCUT2D eigenvalue weighted by Gasteiger charge is 2.27. The van der Waals surface area contributed by atoms with Crippen LogP contribution in [-0.2, 0) is 24.2 Å². The molecule has 27 heavy (non-hydrogen) atoms. The number of hydrogen-bond acceptors (Lipinski definition) is 3. The number of hydrogen-bond donors (Lipinski definition) is 0. The third-order valence-electron chi connectivity index (χ3n) is 5.80. The number of rotatable bonds is 3. The summed E-state index contributed by atoms with van der Waals surface area (Å²) >= 11 is 1.71. The molecule has 0 spiro atoms. The van der Waals surface area contributed by atoms with Crippen LogP contribution < -0.4 is 0 Å². The van der Waals surface area contributed by atoms with Gasteiger partial charge in [0.1, 0.15) is 10.5 Å². The molecule has 1 unspecified atom stereocenters. The van der Waals surface area contributed by atoms with Crippen molar-refractivity contribution in [2.24, 2.45) is 0 Å². The maximum Gasteiger partial charge on any atom is 0.270 e. The van der Waals surface area contributed by atoms with E-state index in [1.807, 2.05) is 4.90 Å². The van der Waals surface area contributed by atoms with E-state index in [4.69, 9.17) is 4.74 Å². The Balaban J connectivity index is 1.44. The van der Waals surface area contributed by atoms with Gasteiger partial charge in [0.25, 0.3) is 5.91 Å². The number of nitrogens with zero attached hydrogens (tertiary/aromatic N) is 2. The molecule has 2 aliphatic rings. The summed E-state index contributed by atoms with van der Waals surface area (Å²) in [5, 5.41) is 3.27. The summed E-state index contributed by atoms with van der Waals surface area (Å²) in [6.45, 7) is 3.10. The summed E-state index contributed by atoms with van der Waals surface area (Å²) in [6.07, 6.45) is 4.59. The van der Waals surface area contributed by atoms with Crippen molar-refractivity contribution in [1.82, 2.24) is 9.47 Å². The van der Waals surface area contributed by atoms with Crippen LogP contribution in [0.3, 0.4) is 0 Å². The van der Waals surface area contributed by atoms with E-state index in [0.29, 0.717) is 6.54 Å². The Labute approximate surface area is 163 Å². The molecule has 0 N–H and O–H groups in total. The maximum absolute atomic E-state index is 13.4. The van der Waals surface area contributed by atoms with Crippen LogP contribution >= 0.6 is 11.3 Å². The number of amides is 1. The Kier molecular flexibility index (Phi) is 4.50. The van der Waals surface area contributed by atoms with Gasteiger partial charge in [0.05, 0.1) is 12.6 Å². The highest BCUT2D eigenvalue weighted by atomic mass is 32.1. The molecule has 5 heteroatoms. The average molecular weight is 381 g/mol. The van der Waals surface area contributed by atoms with E-state index in [2.05, 4.69) is 46.3 Å². The quantitative estimate of drug-likeness (QED) is 0.672. The smallest absolute Gasteiger partial charge is 0.270 e. The van der Waals surface area contributed by atoms with Crippen molar-refractivity contribution in [3.63, 3.8) is 0 Å². The molecule has 0 aliphatic carbocycles. The van der Waals surface area contributed by atoms with Crippen LogP contribution in [-0.4, -0.2) is 34.6 Å². The lowest BCUT2D eigenvalue weighted by Crippen LogP contribution is -2.37. The lowest BCUT2D eigenvalue weighted by atomic mass is 10.00. The summed E-state index contributed by atoms with van der Waals surface area (Å²) < 4.78 is 8.17. The summed E-state index contributed by atoms with van der Waals surface area (Å²) in [5.74, 6) is 0.142. The molecular weight excluding hydrogens is 356 g/mol. The van der Waals surface area contributed by atoms with Crippen LogP contribution in [0.1, 0.15) is 40.9 Å². The zero-order valence-corrected chi connectivity index (χ0v) is 16.2. The van der Waals surface area contributed by atoms with Gasteiger partial charge in [0, 0.05) is 25.1 Å². The lowest BCUT2D eigenvalue weighted by Gasteiger charge is -2.30. The summed E-state index contributed by atoms with van der Waals surface area (Å²) in [7, 11) is 0. The zero-order chi connectivity index (χ0) is 18.2. The highest BCUT2D eigenvalue weighted by molar-refractivity contribution is 7.16. The van der Waals surface area contributed by atoms with E-state index in [-0.39, 0.29) is 12.0 Å². The Morgan fingerprint density at radius 1 is 1.19 bits per heavy atom. The first kappa shape index (κ1) is 17.0. The summed E-state index contributed by atoms with van der Waals surface area (Å²) in [4.78, 5) is 16.6. The minimum atomic E-state index is 0.142. The molecule has 1 fully saturated rings. The molecule has 5 rings (SSSR count). The lowest BCUT2D eigenvalue weighted by molar-refractivity contribution is 0.00625. The second kappa shape index (κ2) is 7.13. The topological polar surface area (TPSA) is 34.5 Å². The normalized spacial score (nSPS) is 20.0. The minimum Gasteiger partial charge on any atom is -0.376 e. The average Bonchev–Trinajstić information content (AvgIpc) is 3.30. The minimum absolute atomic E-state index is 0.142. The molecule has 4 heterocycles. The van der Waals surface area contributed by atoms with Crippen molar-refractivity contribution in [3.05, 3.63) is 58.6 Å². The molecule has 1 atom stereocenters. The first-order valence-electron chi connectivity index (χ1n) is 9.84. The molecule has 0 radical (unpaired) electrons. The van der Waals surface area contributed by atoms with Gasteiger partial charge in [-0.25, -0.2) is 0 Å². The third-order valence-corrected chi connectivity index (χ3v) is 6.75. The largest absolute Gasteiger partial charge is 0.376 e. The zero-order valence-electron chi connectivity index (χ0n) is 15.4. The van der Waals surface area contributed by atoms with Crippen LogP contribution in [0.15, 0.2) is 41.8 Å². The van der Waals surface area contributed by atoms with E-state index in [1.165, 1.54) is 22.4 Å². The predicted octanol–water partition coefficient (Wildman–Crippen LogP) is 4.47. The van der Waals surface area contributed by atoms with Crippen molar-refractivity contribution in [1.29, 1.82) is 0 Å². The monoisotopic (exact) mass is 380 g/mol. The van der Waals surface area contributed by atoms with Crippen molar-refractivity contribution >= 4 is 27.5 Å². The number of thiophene rings is 1. The molecule has 1 aromatic carbocycles. The molecule has 2 aromatic heterocycles. The van der Waals surface area contributed by atoms with Crippen LogP contribution in [0.2, 0.25) is 0 Å². The van der Waals surface area contributed by atoms with E-state index in [9.17, 15) is 4.79 Å². The fourth-order valence-corrected chi connectivity index (χ4v) is 5.23. The maximum atomic E-state index is 13.4. The number of carbonyl (C=O) groups excluding carboxylic acids is 1. The highest BCUT2D eigenvalue weighted by Crippen LogP contribution is 2.29.